The molecule has 1 aromatic carbocycles. The molecule has 1 saturated heterocycles. The van der Waals surface area contributed by atoms with Crippen molar-refractivity contribution in [3.05, 3.63) is 41.8 Å². The summed E-state index contributed by atoms with van der Waals surface area (Å²) in [6, 6.07) is 9.67. The Morgan fingerprint density at radius 2 is 1.63 bits per heavy atom. The van der Waals surface area contributed by atoms with Crippen molar-refractivity contribution in [2.45, 2.75) is 33.6 Å². The van der Waals surface area contributed by atoms with Gasteiger partial charge in [-0.25, -0.2) is 4.98 Å². The normalized spacial score (nSPS) is 14.7. The number of piperazine rings is 1. The average Bonchev–Trinajstić information content (AvgIpc) is 3.02. The van der Waals surface area contributed by atoms with Gasteiger partial charge in [0.1, 0.15) is 5.76 Å². The van der Waals surface area contributed by atoms with E-state index in [-0.39, 0.29) is 18.2 Å². The van der Waals surface area contributed by atoms with Crippen LogP contribution in [0.2, 0.25) is 0 Å². The maximum Gasteiger partial charge on any atom is 0.228 e. The molecule has 27 heavy (non-hydrogen) atoms. The lowest BCUT2D eigenvalue weighted by molar-refractivity contribution is -0.139. The van der Waals surface area contributed by atoms with E-state index >= 15 is 0 Å². The number of hydrogen-bond donors (Lipinski definition) is 0. The molecule has 1 aromatic heterocycles. The van der Waals surface area contributed by atoms with E-state index in [1.54, 1.807) is 0 Å². The molecular formula is C21H27N3O3. The molecule has 0 bridgehead atoms. The van der Waals surface area contributed by atoms with Crippen molar-refractivity contribution < 1.29 is 14.0 Å². The van der Waals surface area contributed by atoms with Crippen LogP contribution in [-0.4, -0.2) is 52.8 Å². The third-order valence-electron chi connectivity index (χ3n) is 4.80. The SMILES string of the molecule is Cc1oc(-c2ccccc2)nc1CC(=O)N1CCN(C(=O)CC(C)C)CC1. The van der Waals surface area contributed by atoms with Crippen molar-refractivity contribution in [2.24, 2.45) is 5.92 Å². The topological polar surface area (TPSA) is 66.7 Å². The van der Waals surface area contributed by atoms with Crippen LogP contribution in [0.5, 0.6) is 0 Å². The first-order valence-corrected chi connectivity index (χ1v) is 9.51. The van der Waals surface area contributed by atoms with Gasteiger partial charge in [-0.3, -0.25) is 9.59 Å². The molecular weight excluding hydrogens is 342 g/mol. The predicted molar refractivity (Wildman–Crippen MR) is 103 cm³/mol. The lowest BCUT2D eigenvalue weighted by Gasteiger charge is -2.35. The van der Waals surface area contributed by atoms with Crippen molar-refractivity contribution in [3.8, 4) is 11.5 Å². The zero-order valence-corrected chi connectivity index (χ0v) is 16.3. The Kier molecular flexibility index (Phi) is 5.94. The van der Waals surface area contributed by atoms with E-state index in [0.717, 1.165) is 5.56 Å². The van der Waals surface area contributed by atoms with E-state index in [2.05, 4.69) is 4.98 Å². The fourth-order valence-corrected chi connectivity index (χ4v) is 3.23. The van der Waals surface area contributed by atoms with Crippen LogP contribution in [-0.2, 0) is 16.0 Å². The first kappa shape index (κ1) is 19.1. The molecule has 0 radical (unpaired) electrons. The molecule has 0 atom stereocenters. The van der Waals surface area contributed by atoms with Crippen molar-refractivity contribution in [1.82, 2.24) is 14.8 Å². The van der Waals surface area contributed by atoms with E-state index < -0.39 is 0 Å². The number of carbonyl (C=O) groups is 2. The van der Waals surface area contributed by atoms with Crippen LogP contribution in [0.1, 0.15) is 31.7 Å². The van der Waals surface area contributed by atoms with Crippen LogP contribution in [0.4, 0.5) is 0 Å². The van der Waals surface area contributed by atoms with Crippen molar-refractivity contribution in [2.75, 3.05) is 26.2 Å². The van der Waals surface area contributed by atoms with Crippen LogP contribution < -0.4 is 0 Å². The summed E-state index contributed by atoms with van der Waals surface area (Å²) in [4.78, 5) is 33.0. The highest BCUT2D eigenvalue weighted by Gasteiger charge is 2.25. The second-order valence-corrected chi connectivity index (χ2v) is 7.42. The predicted octanol–water partition coefficient (Wildman–Crippen LogP) is 2.91. The largest absolute Gasteiger partial charge is 0.441 e. The number of nitrogens with zero attached hydrogens (tertiary/aromatic N) is 3. The van der Waals surface area contributed by atoms with Gasteiger partial charge in [-0.15, -0.1) is 0 Å². The maximum absolute atomic E-state index is 12.7. The van der Waals surface area contributed by atoms with E-state index in [9.17, 15) is 9.59 Å². The average molecular weight is 369 g/mol. The molecule has 6 nitrogen and oxygen atoms in total. The molecule has 1 aliphatic heterocycles. The lowest BCUT2D eigenvalue weighted by Crippen LogP contribution is -2.51. The number of aromatic nitrogens is 1. The van der Waals surface area contributed by atoms with Crippen molar-refractivity contribution in [3.63, 3.8) is 0 Å². The van der Waals surface area contributed by atoms with Gasteiger partial charge in [-0.1, -0.05) is 32.0 Å². The zero-order valence-electron chi connectivity index (χ0n) is 16.3. The Balaban J connectivity index is 1.57. The number of oxazole rings is 1. The Morgan fingerprint density at radius 1 is 1.04 bits per heavy atom. The Labute approximate surface area is 160 Å². The highest BCUT2D eigenvalue weighted by Crippen LogP contribution is 2.22. The fraction of sp³-hybridized carbons (Fsp3) is 0.476. The van der Waals surface area contributed by atoms with Gasteiger partial charge in [0, 0.05) is 38.2 Å². The molecule has 0 spiro atoms. The summed E-state index contributed by atoms with van der Waals surface area (Å²) < 4.78 is 5.74. The third-order valence-corrected chi connectivity index (χ3v) is 4.80. The standard InChI is InChI=1S/C21H27N3O3/c1-15(2)13-19(25)23-9-11-24(12-10-23)20(26)14-18-16(3)27-21(22-18)17-7-5-4-6-8-17/h4-8,15H,9-14H2,1-3H3. The molecule has 3 rings (SSSR count). The van der Waals surface area contributed by atoms with Crippen LogP contribution in [0.15, 0.2) is 34.7 Å². The minimum Gasteiger partial charge on any atom is -0.441 e. The van der Waals surface area contributed by atoms with Crippen LogP contribution in [0.3, 0.4) is 0 Å². The summed E-state index contributed by atoms with van der Waals surface area (Å²) in [6.07, 6.45) is 0.788. The van der Waals surface area contributed by atoms with E-state index in [0.29, 0.717) is 55.9 Å². The highest BCUT2D eigenvalue weighted by molar-refractivity contribution is 5.80. The number of hydrogen-bond acceptors (Lipinski definition) is 4. The van der Waals surface area contributed by atoms with E-state index in [1.807, 2.05) is 60.9 Å². The molecule has 144 valence electrons. The second-order valence-electron chi connectivity index (χ2n) is 7.42. The molecule has 0 unspecified atom stereocenters. The van der Waals surface area contributed by atoms with Crippen LogP contribution in [0, 0.1) is 12.8 Å². The number of benzene rings is 1. The zero-order chi connectivity index (χ0) is 19.4. The molecule has 6 heteroatoms. The number of aryl methyl sites for hydroxylation is 1. The Hall–Kier alpha value is -2.63. The monoisotopic (exact) mass is 369 g/mol. The minimum absolute atomic E-state index is 0.0296. The summed E-state index contributed by atoms with van der Waals surface area (Å²) in [5, 5.41) is 0. The number of rotatable bonds is 5. The Morgan fingerprint density at radius 3 is 2.22 bits per heavy atom. The quantitative estimate of drug-likeness (QED) is 0.813. The summed E-state index contributed by atoms with van der Waals surface area (Å²) >= 11 is 0. The van der Waals surface area contributed by atoms with Crippen LogP contribution in [0.25, 0.3) is 11.5 Å². The molecule has 0 saturated carbocycles. The minimum atomic E-state index is 0.0296. The summed E-state index contributed by atoms with van der Waals surface area (Å²) in [7, 11) is 0. The second kappa shape index (κ2) is 8.37. The smallest absolute Gasteiger partial charge is 0.228 e. The highest BCUT2D eigenvalue weighted by atomic mass is 16.4. The third kappa shape index (κ3) is 4.76. The molecule has 1 aliphatic rings. The molecule has 2 aromatic rings. The van der Waals surface area contributed by atoms with Gasteiger partial charge in [-0.2, -0.15) is 0 Å². The molecule has 2 heterocycles. The van der Waals surface area contributed by atoms with Gasteiger partial charge in [0.25, 0.3) is 0 Å². The van der Waals surface area contributed by atoms with Gasteiger partial charge < -0.3 is 14.2 Å². The van der Waals surface area contributed by atoms with Crippen molar-refractivity contribution >= 4 is 11.8 Å². The molecule has 0 N–H and O–H groups in total. The van der Waals surface area contributed by atoms with Gasteiger partial charge in [0.05, 0.1) is 12.1 Å². The van der Waals surface area contributed by atoms with Gasteiger partial charge in [-0.05, 0) is 25.0 Å². The molecule has 0 aliphatic carbocycles. The van der Waals surface area contributed by atoms with Gasteiger partial charge in [0.2, 0.25) is 17.7 Å². The lowest BCUT2D eigenvalue weighted by atomic mass is 10.1. The van der Waals surface area contributed by atoms with Crippen molar-refractivity contribution in [1.29, 1.82) is 0 Å². The van der Waals surface area contributed by atoms with Gasteiger partial charge >= 0.3 is 0 Å². The summed E-state index contributed by atoms with van der Waals surface area (Å²) in [6.45, 7) is 8.28. The number of carbonyl (C=O) groups excluding carboxylic acids is 2. The molecule has 1 fully saturated rings. The van der Waals surface area contributed by atoms with E-state index in [1.165, 1.54) is 0 Å². The Bertz CT molecular complexity index is 790. The maximum atomic E-state index is 12.7. The first-order valence-electron chi connectivity index (χ1n) is 9.51. The number of amides is 2. The van der Waals surface area contributed by atoms with Gasteiger partial charge in [0.15, 0.2) is 0 Å². The van der Waals surface area contributed by atoms with Crippen LogP contribution >= 0.6 is 0 Å². The van der Waals surface area contributed by atoms with E-state index in [4.69, 9.17) is 4.42 Å². The molecule has 2 amide bonds. The summed E-state index contributed by atoms with van der Waals surface area (Å²) in [5.74, 6) is 1.78. The first-order chi connectivity index (χ1) is 12.9. The fourth-order valence-electron chi connectivity index (χ4n) is 3.23. The summed E-state index contributed by atoms with van der Waals surface area (Å²) in [5.41, 5.74) is 1.58.